The average Bonchev–Trinajstić information content (AvgIpc) is 2.76. The molecule has 0 spiro atoms. The van der Waals surface area contributed by atoms with Crippen molar-refractivity contribution in [3.05, 3.63) is 36.3 Å². The predicted molar refractivity (Wildman–Crippen MR) is 63.5 cm³/mol. The first-order valence-corrected chi connectivity index (χ1v) is 5.20. The molecule has 0 fully saturated rings. The molecule has 0 radical (unpaired) electrons. The molecule has 0 saturated heterocycles. The highest BCUT2D eigenvalue weighted by molar-refractivity contribution is 5.77. The zero-order chi connectivity index (χ0) is 11.8. The summed E-state index contributed by atoms with van der Waals surface area (Å²) < 4.78 is 0. The van der Waals surface area contributed by atoms with Crippen LogP contribution in [0.15, 0.2) is 30.7 Å². The molecular weight excluding hydrogens is 216 g/mol. The molecule has 1 aromatic carbocycles. The molecule has 0 unspecified atom stereocenters. The van der Waals surface area contributed by atoms with E-state index in [4.69, 9.17) is 0 Å². The number of H-pyrrole nitrogens is 1. The number of nitrogens with one attached hydrogen (secondary N) is 1. The molecule has 0 aliphatic heterocycles. The minimum Gasteiger partial charge on any atom is -0.507 e. The predicted octanol–water partition coefficient (Wildman–Crippen LogP) is 2.03. The van der Waals surface area contributed by atoms with E-state index >= 15 is 0 Å². The van der Waals surface area contributed by atoms with Crippen LogP contribution in [0.5, 0.6) is 5.75 Å². The molecule has 3 aromatic rings. The van der Waals surface area contributed by atoms with E-state index in [1.807, 2.05) is 25.1 Å². The molecule has 0 amide bonds. The quantitative estimate of drug-likeness (QED) is 0.665. The van der Waals surface area contributed by atoms with E-state index in [9.17, 15) is 5.11 Å². The van der Waals surface area contributed by atoms with Gasteiger partial charge in [-0.25, -0.2) is 15.0 Å². The molecule has 17 heavy (non-hydrogen) atoms. The number of benzene rings is 1. The third-order valence-corrected chi connectivity index (χ3v) is 2.65. The lowest BCUT2D eigenvalue weighted by Crippen LogP contribution is -1.84. The van der Waals surface area contributed by atoms with Crippen molar-refractivity contribution < 1.29 is 5.11 Å². The lowest BCUT2D eigenvalue weighted by Gasteiger charge is -2.03. The largest absolute Gasteiger partial charge is 0.507 e. The molecule has 2 aromatic heterocycles. The molecule has 0 atom stereocenters. The van der Waals surface area contributed by atoms with Crippen LogP contribution in [0.3, 0.4) is 0 Å². The van der Waals surface area contributed by atoms with Crippen LogP contribution >= 0.6 is 0 Å². The van der Waals surface area contributed by atoms with Crippen molar-refractivity contribution in [2.24, 2.45) is 0 Å². The maximum absolute atomic E-state index is 9.98. The second-order valence-electron chi connectivity index (χ2n) is 3.82. The lowest BCUT2D eigenvalue weighted by atomic mass is 10.1. The number of rotatable bonds is 1. The van der Waals surface area contributed by atoms with E-state index in [-0.39, 0.29) is 5.75 Å². The summed E-state index contributed by atoms with van der Waals surface area (Å²) in [5.41, 5.74) is 2.83. The third-order valence-electron chi connectivity index (χ3n) is 2.65. The Morgan fingerprint density at radius 3 is 3.00 bits per heavy atom. The van der Waals surface area contributed by atoms with Crippen LogP contribution in [0.4, 0.5) is 0 Å². The summed E-state index contributed by atoms with van der Waals surface area (Å²) in [5.74, 6) is 0.834. The second kappa shape index (κ2) is 3.55. The summed E-state index contributed by atoms with van der Waals surface area (Å²) in [4.78, 5) is 15.4. The number of aromatic hydroxyl groups is 1. The van der Waals surface area contributed by atoms with Crippen LogP contribution in [-0.4, -0.2) is 25.0 Å². The van der Waals surface area contributed by atoms with E-state index in [1.165, 1.54) is 6.33 Å². The second-order valence-corrected chi connectivity index (χ2v) is 3.82. The number of phenols is 1. The van der Waals surface area contributed by atoms with Gasteiger partial charge in [-0.2, -0.15) is 0 Å². The van der Waals surface area contributed by atoms with Crippen molar-refractivity contribution in [2.45, 2.75) is 6.92 Å². The fourth-order valence-corrected chi connectivity index (χ4v) is 1.74. The van der Waals surface area contributed by atoms with Crippen molar-refractivity contribution in [2.75, 3.05) is 0 Å². The van der Waals surface area contributed by atoms with Crippen molar-refractivity contribution in [3.63, 3.8) is 0 Å². The van der Waals surface area contributed by atoms with Gasteiger partial charge >= 0.3 is 0 Å². The summed E-state index contributed by atoms with van der Waals surface area (Å²) in [6.07, 6.45) is 3.11. The van der Waals surface area contributed by atoms with E-state index in [1.54, 1.807) is 6.20 Å². The Labute approximate surface area is 97.2 Å². The maximum atomic E-state index is 9.98. The first-order chi connectivity index (χ1) is 8.25. The van der Waals surface area contributed by atoms with Gasteiger partial charge in [-0.15, -0.1) is 0 Å². The topological polar surface area (TPSA) is 74.7 Å². The molecule has 2 heterocycles. The molecular formula is C12H10N4O. The number of hydrogen-bond donors (Lipinski definition) is 2. The van der Waals surface area contributed by atoms with Crippen molar-refractivity contribution in [3.8, 4) is 17.1 Å². The Kier molecular flexibility index (Phi) is 2.04. The number of nitrogens with zero attached hydrogens (tertiary/aromatic N) is 3. The van der Waals surface area contributed by atoms with Crippen LogP contribution < -0.4 is 0 Å². The summed E-state index contributed by atoms with van der Waals surface area (Å²) in [5, 5.41) is 9.98. The smallest absolute Gasteiger partial charge is 0.181 e. The normalized spacial score (nSPS) is 10.9. The first-order valence-electron chi connectivity index (χ1n) is 5.20. The minimum atomic E-state index is 0.236. The number of phenolic OH excluding ortho intramolecular Hbond substituents is 1. The monoisotopic (exact) mass is 226 g/mol. The van der Waals surface area contributed by atoms with Gasteiger partial charge in [0.25, 0.3) is 0 Å². The van der Waals surface area contributed by atoms with Gasteiger partial charge in [-0.05, 0) is 18.6 Å². The van der Waals surface area contributed by atoms with Gasteiger partial charge in [0.2, 0.25) is 0 Å². The van der Waals surface area contributed by atoms with Gasteiger partial charge in [-0.3, -0.25) is 0 Å². The summed E-state index contributed by atoms with van der Waals surface area (Å²) >= 11 is 0. The average molecular weight is 226 g/mol. The number of fused-ring (bicyclic) bond motifs is 1. The van der Waals surface area contributed by atoms with Crippen LogP contribution in [0.2, 0.25) is 0 Å². The number of aromatic amines is 1. The molecule has 0 bridgehead atoms. The molecule has 5 heteroatoms. The number of aromatic nitrogens is 4. The lowest BCUT2D eigenvalue weighted by molar-refractivity contribution is 0.473. The van der Waals surface area contributed by atoms with Crippen molar-refractivity contribution >= 4 is 11.2 Å². The minimum absolute atomic E-state index is 0.236. The molecule has 0 aliphatic rings. The number of hydrogen-bond acceptors (Lipinski definition) is 4. The van der Waals surface area contributed by atoms with E-state index in [2.05, 4.69) is 19.9 Å². The summed E-state index contributed by atoms with van der Waals surface area (Å²) in [6.45, 7) is 1.85. The highest BCUT2D eigenvalue weighted by atomic mass is 16.3. The van der Waals surface area contributed by atoms with Gasteiger partial charge in [0.05, 0.1) is 11.8 Å². The Hall–Kier alpha value is -2.43. The van der Waals surface area contributed by atoms with Crippen LogP contribution in [0, 0.1) is 6.92 Å². The molecule has 0 aliphatic carbocycles. The fraction of sp³-hybridized carbons (Fsp3) is 0.0833. The van der Waals surface area contributed by atoms with Crippen LogP contribution in [0.1, 0.15) is 5.56 Å². The third kappa shape index (κ3) is 1.52. The molecule has 84 valence electrons. The first kappa shape index (κ1) is 9.77. The number of para-hydroxylation sites is 1. The summed E-state index contributed by atoms with van der Waals surface area (Å²) in [6, 6.07) is 5.54. The van der Waals surface area contributed by atoms with Crippen molar-refractivity contribution in [1.29, 1.82) is 0 Å². The Morgan fingerprint density at radius 2 is 2.18 bits per heavy atom. The van der Waals surface area contributed by atoms with E-state index < -0.39 is 0 Å². The molecule has 5 nitrogen and oxygen atoms in total. The van der Waals surface area contributed by atoms with E-state index in [0.717, 1.165) is 11.1 Å². The van der Waals surface area contributed by atoms with Gasteiger partial charge < -0.3 is 10.1 Å². The SMILES string of the molecule is Cc1cccc(-c2nc3ncncc3[nH]2)c1O. The standard InChI is InChI=1S/C12H10N4O/c1-7-3-2-4-8(10(7)17)11-15-9-5-13-6-14-12(9)16-11/h2-6,17H,1H3,(H,13,14,15,16). The van der Waals surface area contributed by atoms with Crippen LogP contribution in [0.25, 0.3) is 22.6 Å². The highest BCUT2D eigenvalue weighted by Gasteiger charge is 2.11. The number of aryl methyl sites for hydroxylation is 1. The number of imidazole rings is 1. The molecule has 3 rings (SSSR count). The Morgan fingerprint density at radius 1 is 1.29 bits per heavy atom. The fourth-order valence-electron chi connectivity index (χ4n) is 1.74. The van der Waals surface area contributed by atoms with Gasteiger partial charge in [-0.1, -0.05) is 12.1 Å². The zero-order valence-corrected chi connectivity index (χ0v) is 9.18. The van der Waals surface area contributed by atoms with Gasteiger partial charge in [0.15, 0.2) is 5.65 Å². The Balaban J connectivity index is 2.24. The zero-order valence-electron chi connectivity index (χ0n) is 9.18. The maximum Gasteiger partial charge on any atom is 0.181 e. The molecule has 0 saturated carbocycles. The van der Waals surface area contributed by atoms with E-state index in [0.29, 0.717) is 17.0 Å². The van der Waals surface area contributed by atoms with Gasteiger partial charge in [0.1, 0.15) is 23.4 Å². The highest BCUT2D eigenvalue weighted by Crippen LogP contribution is 2.30. The molecule has 2 N–H and O–H groups in total. The Bertz CT molecular complexity index is 657. The van der Waals surface area contributed by atoms with Crippen molar-refractivity contribution in [1.82, 2.24) is 19.9 Å². The van der Waals surface area contributed by atoms with Crippen LogP contribution in [-0.2, 0) is 0 Å². The summed E-state index contributed by atoms with van der Waals surface area (Å²) in [7, 11) is 0. The van der Waals surface area contributed by atoms with Gasteiger partial charge in [0, 0.05) is 0 Å².